The summed E-state index contributed by atoms with van der Waals surface area (Å²) in [5.41, 5.74) is 2.53. The van der Waals surface area contributed by atoms with Gasteiger partial charge in [0.25, 0.3) is 0 Å². The van der Waals surface area contributed by atoms with E-state index in [2.05, 4.69) is 18.7 Å². The van der Waals surface area contributed by atoms with Crippen LogP contribution < -0.4 is 0 Å². The van der Waals surface area contributed by atoms with Gasteiger partial charge in [-0.25, -0.2) is 0 Å². The molecule has 0 spiro atoms. The van der Waals surface area contributed by atoms with E-state index in [1.807, 2.05) is 48.5 Å². The lowest BCUT2D eigenvalue weighted by Gasteiger charge is -2.33. The van der Waals surface area contributed by atoms with E-state index in [1.165, 1.54) is 0 Å². The predicted octanol–water partition coefficient (Wildman–Crippen LogP) is 4.62. The molecule has 0 aliphatic carbocycles. The van der Waals surface area contributed by atoms with Gasteiger partial charge in [0.1, 0.15) is 11.5 Å². The van der Waals surface area contributed by atoms with Crippen LogP contribution in [0.3, 0.4) is 0 Å². The van der Waals surface area contributed by atoms with E-state index in [0.717, 1.165) is 16.7 Å². The van der Waals surface area contributed by atoms with Crippen molar-refractivity contribution in [1.29, 1.82) is 0 Å². The van der Waals surface area contributed by atoms with Gasteiger partial charge >= 0.3 is 0 Å². The maximum Gasteiger partial charge on any atom is 0.115 e. The van der Waals surface area contributed by atoms with E-state index in [4.69, 9.17) is 0 Å². The molecular formula is C21H18O2. The Balaban J connectivity index is 2.29. The second-order valence-electron chi connectivity index (χ2n) is 5.47. The van der Waals surface area contributed by atoms with Crippen molar-refractivity contribution in [1.82, 2.24) is 0 Å². The Morgan fingerprint density at radius 1 is 0.609 bits per heavy atom. The van der Waals surface area contributed by atoms with E-state index in [1.54, 1.807) is 24.3 Å². The lowest BCUT2D eigenvalue weighted by molar-refractivity contribution is 0.475. The molecule has 3 rings (SSSR count). The molecule has 114 valence electrons. The van der Waals surface area contributed by atoms with Gasteiger partial charge in [-0.2, -0.15) is 0 Å². The number of allylic oxidation sites excluding steroid dienone is 1. The third kappa shape index (κ3) is 2.59. The fourth-order valence-electron chi connectivity index (χ4n) is 3.00. The fraction of sp³-hybridized carbons (Fsp3) is 0.0476. The van der Waals surface area contributed by atoms with Gasteiger partial charge in [0.15, 0.2) is 0 Å². The van der Waals surface area contributed by atoms with Crippen molar-refractivity contribution < 1.29 is 10.2 Å². The van der Waals surface area contributed by atoms with Gasteiger partial charge < -0.3 is 10.2 Å². The molecule has 0 aliphatic heterocycles. The van der Waals surface area contributed by atoms with Crippen molar-refractivity contribution in [2.45, 2.75) is 5.41 Å². The third-order valence-corrected chi connectivity index (χ3v) is 4.18. The number of aromatic hydroxyl groups is 2. The molecule has 0 heterocycles. The number of hydrogen-bond donors (Lipinski definition) is 2. The van der Waals surface area contributed by atoms with Crippen molar-refractivity contribution in [3.05, 3.63) is 108 Å². The Morgan fingerprint density at radius 2 is 1.00 bits per heavy atom. The maximum absolute atomic E-state index is 9.61. The first-order valence-corrected chi connectivity index (χ1v) is 7.45. The van der Waals surface area contributed by atoms with Gasteiger partial charge in [-0.3, -0.25) is 0 Å². The zero-order valence-corrected chi connectivity index (χ0v) is 12.7. The number of benzene rings is 3. The summed E-state index contributed by atoms with van der Waals surface area (Å²) in [5.74, 6) is 0.455. The highest BCUT2D eigenvalue weighted by Gasteiger charge is 2.33. The van der Waals surface area contributed by atoms with Crippen LogP contribution in [-0.2, 0) is 5.41 Å². The standard InChI is InChI=1S/C21H18O2/c1-2-21(16-6-4-3-5-7-16,17-8-12-19(22)13-9-17)18-10-14-20(23)15-11-18/h2-15,22-23H,1H2. The summed E-state index contributed by atoms with van der Waals surface area (Å²) >= 11 is 0. The Labute approximate surface area is 136 Å². The van der Waals surface area contributed by atoms with E-state index in [-0.39, 0.29) is 11.5 Å². The van der Waals surface area contributed by atoms with E-state index >= 15 is 0 Å². The Hall–Kier alpha value is -3.00. The molecule has 2 N–H and O–H groups in total. The minimum atomic E-state index is -0.553. The number of phenols is 2. The molecule has 3 aromatic carbocycles. The maximum atomic E-state index is 9.61. The number of phenolic OH excluding ortho intramolecular Hbond substituents is 2. The number of rotatable bonds is 4. The van der Waals surface area contributed by atoms with Gasteiger partial charge in [-0.15, -0.1) is 6.58 Å². The molecule has 0 bridgehead atoms. The van der Waals surface area contributed by atoms with E-state index < -0.39 is 5.41 Å². The van der Waals surface area contributed by atoms with Gasteiger partial charge in [-0.1, -0.05) is 60.7 Å². The van der Waals surface area contributed by atoms with Crippen LogP contribution in [0.2, 0.25) is 0 Å². The van der Waals surface area contributed by atoms with Crippen LogP contribution in [0.1, 0.15) is 16.7 Å². The summed E-state index contributed by atoms with van der Waals surface area (Å²) in [7, 11) is 0. The highest BCUT2D eigenvalue weighted by molar-refractivity contribution is 5.55. The summed E-state index contributed by atoms with van der Waals surface area (Å²) in [6.45, 7) is 4.08. The fourth-order valence-corrected chi connectivity index (χ4v) is 3.00. The third-order valence-electron chi connectivity index (χ3n) is 4.18. The van der Waals surface area contributed by atoms with Crippen molar-refractivity contribution >= 4 is 0 Å². The zero-order valence-electron chi connectivity index (χ0n) is 12.7. The van der Waals surface area contributed by atoms with Crippen LogP contribution >= 0.6 is 0 Å². The summed E-state index contributed by atoms with van der Waals surface area (Å²) in [5, 5.41) is 19.2. The molecule has 0 saturated heterocycles. The number of hydrogen-bond acceptors (Lipinski definition) is 2. The molecule has 2 heteroatoms. The Kier molecular flexibility index (Phi) is 3.90. The van der Waals surface area contributed by atoms with Gasteiger partial charge in [0, 0.05) is 0 Å². The molecule has 0 radical (unpaired) electrons. The first-order chi connectivity index (χ1) is 11.2. The Morgan fingerprint density at radius 3 is 1.39 bits per heavy atom. The van der Waals surface area contributed by atoms with Crippen molar-refractivity contribution in [3.63, 3.8) is 0 Å². The minimum absolute atomic E-state index is 0.227. The largest absolute Gasteiger partial charge is 0.508 e. The molecule has 3 aromatic rings. The average Bonchev–Trinajstić information content (AvgIpc) is 2.60. The van der Waals surface area contributed by atoms with Crippen LogP contribution in [0.15, 0.2) is 91.5 Å². The minimum Gasteiger partial charge on any atom is -0.508 e. The highest BCUT2D eigenvalue weighted by Crippen LogP contribution is 2.41. The molecule has 0 aromatic heterocycles. The van der Waals surface area contributed by atoms with Crippen LogP contribution in [0.4, 0.5) is 0 Å². The second kappa shape index (κ2) is 6.01. The summed E-state index contributed by atoms with van der Waals surface area (Å²) in [4.78, 5) is 0. The molecule has 2 nitrogen and oxygen atoms in total. The topological polar surface area (TPSA) is 40.5 Å². The zero-order chi connectivity index (χ0) is 16.3. The van der Waals surface area contributed by atoms with Crippen LogP contribution in [-0.4, -0.2) is 10.2 Å². The van der Waals surface area contributed by atoms with Crippen LogP contribution in [0.5, 0.6) is 11.5 Å². The molecule has 0 saturated carbocycles. The van der Waals surface area contributed by atoms with Gasteiger partial charge in [0.2, 0.25) is 0 Å². The van der Waals surface area contributed by atoms with Gasteiger partial charge in [-0.05, 0) is 41.0 Å². The van der Waals surface area contributed by atoms with Crippen LogP contribution in [0.25, 0.3) is 0 Å². The molecule has 23 heavy (non-hydrogen) atoms. The predicted molar refractivity (Wildman–Crippen MR) is 92.7 cm³/mol. The normalized spacial score (nSPS) is 11.1. The van der Waals surface area contributed by atoms with E-state index in [9.17, 15) is 10.2 Å². The summed E-state index contributed by atoms with van der Waals surface area (Å²) in [6.07, 6.45) is 1.90. The average molecular weight is 302 g/mol. The van der Waals surface area contributed by atoms with Crippen LogP contribution in [0, 0.1) is 0 Å². The molecule has 0 amide bonds. The highest BCUT2D eigenvalue weighted by atomic mass is 16.3. The van der Waals surface area contributed by atoms with Gasteiger partial charge in [0.05, 0.1) is 5.41 Å². The molecule has 0 fully saturated rings. The lowest BCUT2D eigenvalue weighted by Crippen LogP contribution is -2.26. The van der Waals surface area contributed by atoms with Crippen molar-refractivity contribution in [3.8, 4) is 11.5 Å². The second-order valence-corrected chi connectivity index (χ2v) is 5.47. The summed E-state index contributed by atoms with van der Waals surface area (Å²) in [6, 6.07) is 24.4. The summed E-state index contributed by atoms with van der Waals surface area (Å²) < 4.78 is 0. The Bertz CT molecular complexity index is 742. The quantitative estimate of drug-likeness (QED) is 0.545. The first kappa shape index (κ1) is 14.9. The molecule has 0 aliphatic rings. The SMILES string of the molecule is C=CC(c1ccccc1)(c1ccc(O)cc1)c1ccc(O)cc1. The lowest BCUT2D eigenvalue weighted by atomic mass is 9.69. The first-order valence-electron chi connectivity index (χ1n) is 7.45. The molecular weight excluding hydrogens is 284 g/mol. The van der Waals surface area contributed by atoms with E-state index in [0.29, 0.717) is 0 Å². The van der Waals surface area contributed by atoms with Crippen molar-refractivity contribution in [2.24, 2.45) is 0 Å². The molecule has 0 unspecified atom stereocenters. The smallest absolute Gasteiger partial charge is 0.115 e. The van der Waals surface area contributed by atoms with Crippen molar-refractivity contribution in [2.75, 3.05) is 0 Å². The monoisotopic (exact) mass is 302 g/mol. The molecule has 0 atom stereocenters.